The number of halogens is 1. The molecule has 1 aliphatic carbocycles. The van der Waals surface area contributed by atoms with Gasteiger partial charge in [0, 0.05) is 19.1 Å². The third-order valence-electron chi connectivity index (χ3n) is 3.29. The van der Waals surface area contributed by atoms with E-state index >= 15 is 0 Å². The fraction of sp³-hybridized carbons (Fsp3) is 0.500. The second kappa shape index (κ2) is 5.48. The van der Waals surface area contributed by atoms with E-state index in [4.69, 9.17) is 5.11 Å². The fourth-order valence-electron chi connectivity index (χ4n) is 2.04. The first-order valence-corrected chi connectivity index (χ1v) is 6.27. The zero-order valence-corrected chi connectivity index (χ0v) is 10.5. The van der Waals surface area contributed by atoms with Gasteiger partial charge in [-0.25, -0.2) is 4.39 Å². The summed E-state index contributed by atoms with van der Waals surface area (Å²) in [5, 5.41) is 8.96. The van der Waals surface area contributed by atoms with Crippen LogP contribution in [0.5, 0.6) is 0 Å². The number of benzene rings is 1. The van der Waals surface area contributed by atoms with E-state index < -0.39 is 5.97 Å². The molecule has 18 heavy (non-hydrogen) atoms. The molecule has 1 aromatic carbocycles. The van der Waals surface area contributed by atoms with E-state index in [2.05, 4.69) is 4.90 Å². The minimum atomic E-state index is -0.764. The van der Waals surface area contributed by atoms with Gasteiger partial charge in [0.1, 0.15) is 5.82 Å². The molecule has 1 aliphatic rings. The number of hydrogen-bond acceptors (Lipinski definition) is 2. The summed E-state index contributed by atoms with van der Waals surface area (Å²) < 4.78 is 12.8. The molecule has 4 heteroatoms. The van der Waals surface area contributed by atoms with Crippen molar-refractivity contribution in [3.63, 3.8) is 0 Å². The van der Waals surface area contributed by atoms with Gasteiger partial charge in [-0.3, -0.25) is 9.69 Å². The first-order valence-electron chi connectivity index (χ1n) is 6.27. The molecule has 1 atom stereocenters. The maximum atomic E-state index is 12.8. The highest BCUT2D eigenvalue weighted by Gasteiger charge is 2.30. The smallest absolute Gasteiger partial charge is 0.307 e. The monoisotopic (exact) mass is 251 g/mol. The summed E-state index contributed by atoms with van der Waals surface area (Å²) in [5.41, 5.74) is 1.03. The Morgan fingerprint density at radius 1 is 1.44 bits per heavy atom. The maximum absolute atomic E-state index is 12.8. The van der Waals surface area contributed by atoms with Crippen molar-refractivity contribution in [2.45, 2.75) is 32.4 Å². The molecule has 0 spiro atoms. The molecule has 0 radical (unpaired) electrons. The average molecular weight is 251 g/mol. The summed E-state index contributed by atoms with van der Waals surface area (Å²) in [6, 6.07) is 6.91. The van der Waals surface area contributed by atoms with E-state index in [-0.39, 0.29) is 11.7 Å². The molecule has 0 saturated heterocycles. The molecule has 0 aromatic heterocycles. The maximum Gasteiger partial charge on any atom is 0.307 e. The molecule has 0 amide bonds. The van der Waals surface area contributed by atoms with Gasteiger partial charge in [-0.1, -0.05) is 19.1 Å². The first-order chi connectivity index (χ1) is 8.56. The van der Waals surface area contributed by atoms with E-state index in [0.29, 0.717) is 19.1 Å². The number of carboxylic acids is 1. The molecule has 3 nitrogen and oxygen atoms in total. The van der Waals surface area contributed by atoms with Crippen LogP contribution in [0, 0.1) is 11.7 Å². The summed E-state index contributed by atoms with van der Waals surface area (Å²) in [6.45, 7) is 2.97. The van der Waals surface area contributed by atoms with Gasteiger partial charge in [-0.15, -0.1) is 0 Å². The molecule has 2 rings (SSSR count). The van der Waals surface area contributed by atoms with Crippen LogP contribution < -0.4 is 0 Å². The SMILES string of the molecule is CC(CN(Cc1ccc(F)cc1)C1CC1)C(=O)O. The molecular formula is C14H18FNO2. The Morgan fingerprint density at radius 3 is 2.56 bits per heavy atom. The summed E-state index contributed by atoms with van der Waals surface area (Å²) in [7, 11) is 0. The lowest BCUT2D eigenvalue weighted by atomic mass is 10.1. The van der Waals surface area contributed by atoms with Crippen LogP contribution in [-0.4, -0.2) is 28.6 Å². The second-order valence-electron chi connectivity index (χ2n) is 5.03. The van der Waals surface area contributed by atoms with Crippen LogP contribution in [0.3, 0.4) is 0 Å². The Hall–Kier alpha value is -1.42. The number of hydrogen-bond donors (Lipinski definition) is 1. The summed E-state index contributed by atoms with van der Waals surface area (Å²) in [6.07, 6.45) is 2.26. The Bertz CT molecular complexity index is 414. The third-order valence-corrected chi connectivity index (χ3v) is 3.29. The van der Waals surface area contributed by atoms with E-state index in [1.807, 2.05) is 0 Å². The predicted octanol–water partition coefficient (Wildman–Crippen LogP) is 2.51. The number of carboxylic acid groups (broad SMARTS) is 1. The number of aliphatic carboxylic acids is 1. The van der Waals surface area contributed by atoms with Crippen LogP contribution in [0.4, 0.5) is 4.39 Å². The van der Waals surface area contributed by atoms with Gasteiger partial charge in [0.2, 0.25) is 0 Å². The molecule has 0 aliphatic heterocycles. The Morgan fingerprint density at radius 2 is 2.06 bits per heavy atom. The molecule has 1 unspecified atom stereocenters. The van der Waals surface area contributed by atoms with Crippen molar-refractivity contribution in [3.05, 3.63) is 35.6 Å². The lowest BCUT2D eigenvalue weighted by Crippen LogP contribution is -2.33. The minimum Gasteiger partial charge on any atom is -0.481 e. The first kappa shape index (κ1) is 13.0. The molecule has 1 saturated carbocycles. The Kier molecular flexibility index (Phi) is 3.97. The molecule has 0 bridgehead atoms. The molecule has 0 heterocycles. The highest BCUT2D eigenvalue weighted by molar-refractivity contribution is 5.69. The molecule has 1 fully saturated rings. The number of carbonyl (C=O) groups is 1. The van der Waals surface area contributed by atoms with Gasteiger partial charge in [0.15, 0.2) is 0 Å². The van der Waals surface area contributed by atoms with Gasteiger partial charge in [-0.2, -0.15) is 0 Å². The van der Waals surface area contributed by atoms with Gasteiger partial charge >= 0.3 is 5.97 Å². The van der Waals surface area contributed by atoms with E-state index in [1.165, 1.54) is 12.1 Å². The topological polar surface area (TPSA) is 40.5 Å². The average Bonchev–Trinajstić information content (AvgIpc) is 3.14. The van der Waals surface area contributed by atoms with Crippen molar-refractivity contribution >= 4 is 5.97 Å². The lowest BCUT2D eigenvalue weighted by molar-refractivity contribution is -0.141. The minimum absolute atomic E-state index is 0.240. The van der Waals surface area contributed by atoms with Crippen molar-refractivity contribution in [1.82, 2.24) is 4.90 Å². The van der Waals surface area contributed by atoms with Crippen molar-refractivity contribution < 1.29 is 14.3 Å². The normalized spacial score (nSPS) is 16.8. The van der Waals surface area contributed by atoms with Gasteiger partial charge < -0.3 is 5.11 Å². The standard InChI is InChI=1S/C14H18FNO2/c1-10(14(17)18)8-16(13-6-7-13)9-11-2-4-12(15)5-3-11/h2-5,10,13H,6-9H2,1H3,(H,17,18). The van der Waals surface area contributed by atoms with Crippen LogP contribution in [0.25, 0.3) is 0 Å². The molecule has 1 N–H and O–H groups in total. The Labute approximate surface area is 106 Å². The third kappa shape index (κ3) is 3.53. The summed E-state index contributed by atoms with van der Waals surface area (Å²) in [4.78, 5) is 13.1. The fourth-order valence-corrected chi connectivity index (χ4v) is 2.04. The van der Waals surface area contributed by atoms with Crippen molar-refractivity contribution in [1.29, 1.82) is 0 Å². The highest BCUT2D eigenvalue weighted by atomic mass is 19.1. The summed E-state index contributed by atoms with van der Waals surface area (Å²) in [5.74, 6) is -1.37. The van der Waals surface area contributed by atoms with E-state index in [0.717, 1.165) is 18.4 Å². The quantitative estimate of drug-likeness (QED) is 0.844. The highest BCUT2D eigenvalue weighted by Crippen LogP contribution is 2.29. The van der Waals surface area contributed by atoms with Crippen molar-refractivity contribution in [2.24, 2.45) is 5.92 Å². The number of rotatable bonds is 6. The van der Waals surface area contributed by atoms with Crippen LogP contribution in [0.15, 0.2) is 24.3 Å². The van der Waals surface area contributed by atoms with Crippen LogP contribution >= 0.6 is 0 Å². The van der Waals surface area contributed by atoms with Crippen LogP contribution in [-0.2, 0) is 11.3 Å². The molecule has 98 valence electrons. The predicted molar refractivity (Wildman–Crippen MR) is 66.6 cm³/mol. The van der Waals surface area contributed by atoms with Crippen molar-refractivity contribution in [3.8, 4) is 0 Å². The van der Waals surface area contributed by atoms with E-state index in [1.54, 1.807) is 19.1 Å². The van der Waals surface area contributed by atoms with Gasteiger partial charge in [0.25, 0.3) is 0 Å². The zero-order valence-electron chi connectivity index (χ0n) is 10.5. The van der Waals surface area contributed by atoms with Gasteiger partial charge in [0.05, 0.1) is 5.92 Å². The van der Waals surface area contributed by atoms with Crippen LogP contribution in [0.1, 0.15) is 25.3 Å². The molecule has 1 aromatic rings. The van der Waals surface area contributed by atoms with Crippen LogP contribution in [0.2, 0.25) is 0 Å². The number of nitrogens with zero attached hydrogens (tertiary/aromatic N) is 1. The largest absolute Gasteiger partial charge is 0.481 e. The zero-order chi connectivity index (χ0) is 13.1. The lowest BCUT2D eigenvalue weighted by Gasteiger charge is -2.24. The van der Waals surface area contributed by atoms with Crippen molar-refractivity contribution in [2.75, 3.05) is 6.54 Å². The van der Waals surface area contributed by atoms with E-state index in [9.17, 15) is 9.18 Å². The second-order valence-corrected chi connectivity index (χ2v) is 5.03. The Balaban J connectivity index is 1.98. The summed E-state index contributed by atoms with van der Waals surface area (Å²) >= 11 is 0. The van der Waals surface area contributed by atoms with Gasteiger partial charge in [-0.05, 0) is 30.5 Å². The molecular weight excluding hydrogens is 233 g/mol.